The van der Waals surface area contributed by atoms with Crippen LogP contribution in [-0.4, -0.2) is 11.1 Å². The van der Waals surface area contributed by atoms with Crippen molar-refractivity contribution >= 4 is 21.9 Å². The van der Waals surface area contributed by atoms with Crippen molar-refractivity contribution in [3.63, 3.8) is 0 Å². The summed E-state index contributed by atoms with van der Waals surface area (Å²) in [5.74, 6) is -7.46. The Kier molecular flexibility index (Phi) is 4.13. The Bertz CT molecular complexity index is 448. The second kappa shape index (κ2) is 5.03. The first-order valence-corrected chi connectivity index (χ1v) is 5.28. The van der Waals surface area contributed by atoms with Crippen LogP contribution in [0.15, 0.2) is 16.6 Å². The Morgan fingerprint density at radius 2 is 1.88 bits per heavy atom. The molecule has 0 atom stereocenters. The molecule has 94 valence electrons. The maximum Gasteiger partial charge on any atom is 0.303 e. The van der Waals surface area contributed by atoms with E-state index in [2.05, 4.69) is 15.9 Å². The third kappa shape index (κ3) is 3.42. The largest absolute Gasteiger partial charge is 0.481 e. The van der Waals surface area contributed by atoms with Crippen LogP contribution in [0.4, 0.5) is 17.6 Å². The van der Waals surface area contributed by atoms with Gasteiger partial charge in [0.1, 0.15) is 11.6 Å². The van der Waals surface area contributed by atoms with Gasteiger partial charge in [-0.3, -0.25) is 4.79 Å². The Balaban J connectivity index is 3.05. The molecule has 0 radical (unpaired) electrons. The van der Waals surface area contributed by atoms with Crippen molar-refractivity contribution in [2.45, 2.75) is 18.8 Å². The second-order valence-electron chi connectivity index (χ2n) is 3.34. The highest BCUT2D eigenvalue weighted by Crippen LogP contribution is 2.36. The number of carboxylic acids is 1. The van der Waals surface area contributed by atoms with E-state index < -0.39 is 41.9 Å². The fourth-order valence-corrected chi connectivity index (χ4v) is 1.52. The lowest BCUT2D eigenvalue weighted by molar-refractivity contribution is -0.139. The first kappa shape index (κ1) is 14.0. The molecule has 0 heterocycles. The highest BCUT2D eigenvalue weighted by atomic mass is 79.9. The van der Waals surface area contributed by atoms with Crippen LogP contribution in [0.5, 0.6) is 0 Å². The van der Waals surface area contributed by atoms with E-state index in [0.29, 0.717) is 12.1 Å². The van der Waals surface area contributed by atoms with Crippen molar-refractivity contribution in [1.82, 2.24) is 0 Å². The van der Waals surface area contributed by atoms with Crippen molar-refractivity contribution in [2.75, 3.05) is 0 Å². The smallest absolute Gasteiger partial charge is 0.303 e. The molecule has 0 saturated heterocycles. The number of rotatable bonds is 4. The molecule has 0 fully saturated rings. The van der Waals surface area contributed by atoms with E-state index in [4.69, 9.17) is 5.11 Å². The first-order chi connectivity index (χ1) is 7.74. The van der Waals surface area contributed by atoms with Crippen molar-refractivity contribution < 1.29 is 27.5 Å². The average molecular weight is 315 g/mol. The quantitative estimate of drug-likeness (QED) is 0.680. The van der Waals surface area contributed by atoms with E-state index >= 15 is 0 Å². The van der Waals surface area contributed by atoms with Gasteiger partial charge in [0.25, 0.3) is 5.92 Å². The molecule has 7 heteroatoms. The topological polar surface area (TPSA) is 37.3 Å². The van der Waals surface area contributed by atoms with Gasteiger partial charge in [-0.1, -0.05) is 0 Å². The molecule has 0 aromatic heterocycles. The molecule has 0 amide bonds. The van der Waals surface area contributed by atoms with E-state index in [0.717, 1.165) is 0 Å². The average Bonchev–Trinajstić information content (AvgIpc) is 2.20. The number of hydrogen-bond donors (Lipinski definition) is 1. The summed E-state index contributed by atoms with van der Waals surface area (Å²) in [7, 11) is 0. The molecule has 1 N–H and O–H groups in total. The minimum absolute atomic E-state index is 0.271. The van der Waals surface area contributed by atoms with Crippen LogP contribution in [0.1, 0.15) is 18.4 Å². The third-order valence-corrected chi connectivity index (χ3v) is 2.66. The summed E-state index contributed by atoms with van der Waals surface area (Å²) in [6.45, 7) is 0. The number of benzene rings is 1. The van der Waals surface area contributed by atoms with Crippen LogP contribution < -0.4 is 0 Å². The Morgan fingerprint density at radius 3 is 2.41 bits per heavy atom. The number of carboxylic acid groups (broad SMARTS) is 1. The lowest BCUT2D eigenvalue weighted by Crippen LogP contribution is -2.17. The van der Waals surface area contributed by atoms with Crippen molar-refractivity contribution in [2.24, 2.45) is 0 Å². The molecule has 1 aromatic rings. The summed E-state index contributed by atoms with van der Waals surface area (Å²) in [6, 6.07) is 0.945. The SMILES string of the molecule is O=C(O)CCC(F)(F)c1cc(F)c(Br)cc1F. The standard InChI is InChI=1S/C10H7BrF4O2/c11-6-4-7(12)5(3-8(6)13)10(14,15)2-1-9(16)17/h3-4H,1-2H2,(H,16,17). The van der Waals surface area contributed by atoms with Gasteiger partial charge in [0.15, 0.2) is 0 Å². The van der Waals surface area contributed by atoms with Gasteiger partial charge in [0, 0.05) is 6.42 Å². The molecule has 0 unspecified atom stereocenters. The number of alkyl halides is 2. The maximum absolute atomic E-state index is 13.4. The Morgan fingerprint density at radius 1 is 1.29 bits per heavy atom. The van der Waals surface area contributed by atoms with Gasteiger partial charge in [0.05, 0.1) is 16.5 Å². The van der Waals surface area contributed by atoms with Crippen LogP contribution >= 0.6 is 15.9 Å². The molecule has 0 bridgehead atoms. The van der Waals surface area contributed by atoms with E-state index in [-0.39, 0.29) is 4.47 Å². The molecule has 0 aliphatic carbocycles. The summed E-state index contributed by atoms with van der Waals surface area (Å²) < 4.78 is 52.8. The molecule has 0 aliphatic heterocycles. The number of halogens is 5. The minimum atomic E-state index is -3.72. The van der Waals surface area contributed by atoms with Gasteiger partial charge in [-0.25, -0.2) is 17.6 Å². The van der Waals surface area contributed by atoms with E-state index in [1.807, 2.05) is 0 Å². The zero-order chi connectivity index (χ0) is 13.2. The Hall–Kier alpha value is -1.11. The van der Waals surface area contributed by atoms with Crippen molar-refractivity contribution in [3.8, 4) is 0 Å². The zero-order valence-electron chi connectivity index (χ0n) is 8.31. The Labute approximate surface area is 102 Å². The summed E-state index contributed by atoms with van der Waals surface area (Å²) >= 11 is 2.66. The zero-order valence-corrected chi connectivity index (χ0v) is 9.90. The van der Waals surface area contributed by atoms with Crippen LogP contribution in [0.3, 0.4) is 0 Å². The highest BCUT2D eigenvalue weighted by Gasteiger charge is 2.35. The molecule has 0 saturated carbocycles. The molecule has 1 aromatic carbocycles. The monoisotopic (exact) mass is 314 g/mol. The molecular formula is C10H7BrF4O2. The molecule has 17 heavy (non-hydrogen) atoms. The maximum atomic E-state index is 13.4. The minimum Gasteiger partial charge on any atom is -0.481 e. The molecule has 0 spiro atoms. The predicted octanol–water partition coefficient (Wildman–Crippen LogP) is 3.68. The molecule has 1 rings (SSSR count). The van der Waals surface area contributed by atoms with Gasteiger partial charge in [-0.05, 0) is 28.1 Å². The lowest BCUT2D eigenvalue weighted by atomic mass is 10.0. The summed E-state index contributed by atoms with van der Waals surface area (Å²) in [4.78, 5) is 10.2. The molecule has 0 aliphatic rings. The number of carbonyl (C=O) groups is 1. The van der Waals surface area contributed by atoms with Gasteiger partial charge < -0.3 is 5.11 Å². The lowest BCUT2D eigenvalue weighted by Gasteiger charge is -2.16. The summed E-state index contributed by atoms with van der Waals surface area (Å²) in [5.41, 5.74) is -1.14. The van der Waals surface area contributed by atoms with Gasteiger partial charge in [-0.15, -0.1) is 0 Å². The fraction of sp³-hybridized carbons (Fsp3) is 0.300. The van der Waals surface area contributed by atoms with Crippen LogP contribution in [0, 0.1) is 11.6 Å². The van der Waals surface area contributed by atoms with Crippen LogP contribution in [-0.2, 0) is 10.7 Å². The number of hydrogen-bond acceptors (Lipinski definition) is 1. The van der Waals surface area contributed by atoms with Crippen LogP contribution in [0.2, 0.25) is 0 Å². The normalized spacial score (nSPS) is 11.6. The summed E-state index contributed by atoms with van der Waals surface area (Å²) in [6.07, 6.45) is -1.91. The van der Waals surface area contributed by atoms with Crippen LogP contribution in [0.25, 0.3) is 0 Å². The fourth-order valence-electron chi connectivity index (χ4n) is 1.20. The first-order valence-electron chi connectivity index (χ1n) is 4.48. The van der Waals surface area contributed by atoms with E-state index in [1.165, 1.54) is 0 Å². The second-order valence-corrected chi connectivity index (χ2v) is 4.20. The molecular weight excluding hydrogens is 308 g/mol. The third-order valence-electron chi connectivity index (χ3n) is 2.06. The highest BCUT2D eigenvalue weighted by molar-refractivity contribution is 9.10. The molecule has 2 nitrogen and oxygen atoms in total. The van der Waals surface area contributed by atoms with Crippen molar-refractivity contribution in [1.29, 1.82) is 0 Å². The predicted molar refractivity (Wildman–Crippen MR) is 54.8 cm³/mol. The van der Waals surface area contributed by atoms with Gasteiger partial charge >= 0.3 is 5.97 Å². The van der Waals surface area contributed by atoms with Gasteiger partial charge in [-0.2, -0.15) is 0 Å². The van der Waals surface area contributed by atoms with Gasteiger partial charge in [0.2, 0.25) is 0 Å². The van der Waals surface area contributed by atoms with E-state index in [9.17, 15) is 22.4 Å². The number of aliphatic carboxylic acids is 1. The van der Waals surface area contributed by atoms with Crippen molar-refractivity contribution in [3.05, 3.63) is 33.8 Å². The van der Waals surface area contributed by atoms with E-state index in [1.54, 1.807) is 0 Å². The summed E-state index contributed by atoms with van der Waals surface area (Å²) in [5, 5.41) is 8.28.